The van der Waals surface area contributed by atoms with Crippen molar-refractivity contribution >= 4 is 0 Å². The first-order valence-corrected chi connectivity index (χ1v) is 4.97. The van der Waals surface area contributed by atoms with Gasteiger partial charge in [0.2, 0.25) is 5.69 Å². The molecule has 0 spiro atoms. The fourth-order valence-corrected chi connectivity index (χ4v) is 2.27. The van der Waals surface area contributed by atoms with Crippen LogP contribution in [-0.2, 0) is 0 Å². The number of nitrogens with zero attached hydrogens (tertiary/aromatic N) is 1. The van der Waals surface area contributed by atoms with Crippen LogP contribution in [-0.4, -0.2) is 0 Å². The van der Waals surface area contributed by atoms with E-state index in [1.807, 2.05) is 0 Å². The minimum atomic E-state index is 0.474. The van der Waals surface area contributed by atoms with Gasteiger partial charge in [-0.1, -0.05) is 18.2 Å². The molecule has 1 aromatic carbocycles. The smallest absolute Gasteiger partial charge is 0.191 e. The van der Waals surface area contributed by atoms with E-state index < -0.39 is 0 Å². The lowest BCUT2D eigenvalue weighted by atomic mass is 10.0. The summed E-state index contributed by atoms with van der Waals surface area (Å²) >= 11 is 0. The van der Waals surface area contributed by atoms with Gasteiger partial charge in [-0.25, -0.2) is 0 Å². The van der Waals surface area contributed by atoms with Gasteiger partial charge in [-0.3, -0.25) is 0 Å². The zero-order valence-electron chi connectivity index (χ0n) is 8.14. The average molecular weight is 182 g/mol. The lowest BCUT2D eigenvalue weighted by molar-refractivity contribution is -0.694. The van der Waals surface area contributed by atoms with Crippen LogP contribution >= 0.6 is 0 Å². The van der Waals surface area contributed by atoms with Gasteiger partial charge in [0.05, 0.1) is 5.56 Å². The third-order valence-electron chi connectivity index (χ3n) is 2.99. The van der Waals surface area contributed by atoms with Crippen molar-refractivity contribution in [3.63, 3.8) is 0 Å². The summed E-state index contributed by atoms with van der Waals surface area (Å²) in [5.41, 5.74) is 4.13. The van der Waals surface area contributed by atoms with E-state index in [0.717, 1.165) is 0 Å². The van der Waals surface area contributed by atoms with Crippen LogP contribution in [0.25, 0.3) is 11.3 Å². The van der Waals surface area contributed by atoms with Gasteiger partial charge in [0.25, 0.3) is 0 Å². The molecule has 1 atom stereocenters. The maximum Gasteiger partial charge on any atom is 0.213 e. The van der Waals surface area contributed by atoms with Gasteiger partial charge in [0.1, 0.15) is 0 Å². The van der Waals surface area contributed by atoms with Gasteiger partial charge in [-0.2, -0.15) is 4.57 Å². The minimum Gasteiger partial charge on any atom is -0.191 e. The summed E-state index contributed by atoms with van der Waals surface area (Å²) in [6, 6.07) is 15.5. The topological polar surface area (TPSA) is 3.88 Å². The molecular weight excluding hydrogens is 170 g/mol. The first-order chi connectivity index (χ1) is 6.88. The minimum absolute atomic E-state index is 0.474. The summed E-state index contributed by atoms with van der Waals surface area (Å²) in [7, 11) is 0. The number of hydrogen-bond donors (Lipinski definition) is 0. The second kappa shape index (κ2) is 2.68. The highest BCUT2D eigenvalue weighted by molar-refractivity contribution is 5.63. The number of benzene rings is 1. The molecule has 1 aliphatic rings. The normalized spacial score (nSPS) is 17.6. The van der Waals surface area contributed by atoms with Crippen molar-refractivity contribution in [3.05, 3.63) is 54.2 Å². The maximum atomic E-state index is 2.32. The first-order valence-electron chi connectivity index (χ1n) is 4.97. The van der Waals surface area contributed by atoms with Gasteiger partial charge in [0.15, 0.2) is 12.2 Å². The van der Waals surface area contributed by atoms with E-state index in [0.29, 0.717) is 6.04 Å². The molecule has 0 N–H and O–H groups in total. The van der Waals surface area contributed by atoms with Crippen molar-refractivity contribution < 1.29 is 4.57 Å². The first kappa shape index (κ1) is 7.74. The van der Waals surface area contributed by atoms with E-state index in [4.69, 9.17) is 0 Å². The molecule has 1 aliphatic heterocycles. The lowest BCUT2D eigenvalue weighted by Gasteiger charge is -1.98. The van der Waals surface area contributed by atoms with Crippen molar-refractivity contribution in [3.8, 4) is 11.3 Å². The Morgan fingerprint density at radius 3 is 2.71 bits per heavy atom. The van der Waals surface area contributed by atoms with Gasteiger partial charge in [0, 0.05) is 24.6 Å². The van der Waals surface area contributed by atoms with E-state index in [2.05, 4.69) is 60.2 Å². The summed E-state index contributed by atoms with van der Waals surface area (Å²) in [6.45, 7) is 2.25. The van der Waals surface area contributed by atoms with Gasteiger partial charge >= 0.3 is 0 Å². The molecule has 0 amide bonds. The molecule has 1 aromatic heterocycles. The van der Waals surface area contributed by atoms with E-state index in [1.54, 1.807) is 0 Å². The van der Waals surface area contributed by atoms with Crippen molar-refractivity contribution in [2.75, 3.05) is 0 Å². The second-order valence-electron chi connectivity index (χ2n) is 3.76. The lowest BCUT2D eigenvalue weighted by Crippen LogP contribution is -2.35. The Bertz CT molecular complexity index is 443. The van der Waals surface area contributed by atoms with Gasteiger partial charge < -0.3 is 0 Å². The average Bonchev–Trinajstić information content (AvgIpc) is 2.55. The highest BCUT2D eigenvalue weighted by Crippen LogP contribution is 2.31. The molecule has 1 nitrogen and oxygen atoms in total. The van der Waals surface area contributed by atoms with Crippen LogP contribution in [0.3, 0.4) is 0 Å². The fraction of sp³-hybridized carbons (Fsp3) is 0.154. The predicted molar refractivity (Wildman–Crippen MR) is 55.9 cm³/mol. The third-order valence-corrected chi connectivity index (χ3v) is 2.99. The summed E-state index contributed by atoms with van der Waals surface area (Å²) in [5.74, 6) is 0. The molecule has 1 unspecified atom stereocenters. The van der Waals surface area contributed by atoms with Gasteiger partial charge in [-0.15, -0.1) is 0 Å². The number of pyridine rings is 1. The standard InChI is InChI=1S/C13H12N/c1-10-11-6-2-3-7-12(11)13-8-4-5-9-14(10)13/h2-10H,1H3/q+1. The van der Waals surface area contributed by atoms with E-state index in [-0.39, 0.29) is 0 Å². The third kappa shape index (κ3) is 0.869. The number of aromatic nitrogens is 1. The van der Waals surface area contributed by atoms with Crippen LogP contribution in [0.15, 0.2) is 48.7 Å². The number of hydrogen-bond acceptors (Lipinski definition) is 0. The molecule has 0 radical (unpaired) electrons. The molecular formula is C13H12N+. The Morgan fingerprint density at radius 1 is 1.00 bits per heavy atom. The van der Waals surface area contributed by atoms with E-state index in [9.17, 15) is 0 Å². The fourth-order valence-electron chi connectivity index (χ4n) is 2.27. The highest BCUT2D eigenvalue weighted by Gasteiger charge is 2.31. The molecule has 0 bridgehead atoms. The Labute approximate surface area is 83.6 Å². The largest absolute Gasteiger partial charge is 0.213 e. The van der Waals surface area contributed by atoms with Crippen LogP contribution in [0.2, 0.25) is 0 Å². The number of rotatable bonds is 0. The van der Waals surface area contributed by atoms with Crippen molar-refractivity contribution in [2.45, 2.75) is 13.0 Å². The molecule has 0 aliphatic carbocycles. The van der Waals surface area contributed by atoms with Crippen LogP contribution in [0.5, 0.6) is 0 Å². The maximum absolute atomic E-state index is 2.32. The molecule has 2 aromatic rings. The van der Waals surface area contributed by atoms with Crippen LogP contribution < -0.4 is 4.57 Å². The predicted octanol–water partition coefficient (Wildman–Crippen LogP) is 2.56. The summed E-state index contributed by atoms with van der Waals surface area (Å²) in [5, 5.41) is 0. The second-order valence-corrected chi connectivity index (χ2v) is 3.76. The molecule has 2 heterocycles. The molecule has 0 saturated carbocycles. The molecule has 68 valence electrons. The van der Waals surface area contributed by atoms with Crippen molar-refractivity contribution in [1.29, 1.82) is 0 Å². The number of fused-ring (bicyclic) bond motifs is 3. The Hall–Kier alpha value is -1.63. The SMILES string of the molecule is CC1c2ccccc2-c2cccc[n+]21. The molecule has 14 heavy (non-hydrogen) atoms. The quantitative estimate of drug-likeness (QED) is 0.551. The summed E-state index contributed by atoms with van der Waals surface area (Å²) < 4.78 is 2.32. The Morgan fingerprint density at radius 2 is 1.79 bits per heavy atom. The van der Waals surface area contributed by atoms with E-state index in [1.165, 1.54) is 16.8 Å². The Kier molecular flexibility index (Phi) is 1.48. The van der Waals surface area contributed by atoms with Crippen molar-refractivity contribution in [1.82, 2.24) is 0 Å². The van der Waals surface area contributed by atoms with Crippen LogP contribution in [0.1, 0.15) is 18.5 Å². The van der Waals surface area contributed by atoms with Crippen molar-refractivity contribution in [2.24, 2.45) is 0 Å². The molecule has 1 heteroatoms. The summed E-state index contributed by atoms with van der Waals surface area (Å²) in [6.07, 6.45) is 2.15. The zero-order chi connectivity index (χ0) is 9.54. The van der Waals surface area contributed by atoms with E-state index >= 15 is 0 Å². The molecule has 0 fully saturated rings. The highest BCUT2D eigenvalue weighted by atomic mass is 15.0. The van der Waals surface area contributed by atoms with Crippen LogP contribution in [0, 0.1) is 0 Å². The van der Waals surface area contributed by atoms with Gasteiger partial charge in [-0.05, 0) is 12.1 Å². The Balaban J connectivity index is 2.36. The zero-order valence-corrected chi connectivity index (χ0v) is 8.14. The molecule has 0 saturated heterocycles. The summed E-state index contributed by atoms with van der Waals surface area (Å²) in [4.78, 5) is 0. The van der Waals surface area contributed by atoms with Crippen LogP contribution in [0.4, 0.5) is 0 Å². The monoisotopic (exact) mass is 182 g/mol. The molecule has 3 rings (SSSR count).